The summed E-state index contributed by atoms with van der Waals surface area (Å²) >= 11 is 1.39. The number of rotatable bonds is 7. The van der Waals surface area contributed by atoms with E-state index in [0.29, 0.717) is 5.56 Å². The average Bonchev–Trinajstić information content (AvgIpc) is 3.01. The summed E-state index contributed by atoms with van der Waals surface area (Å²) in [5, 5.41) is 22.5. The van der Waals surface area contributed by atoms with Crippen LogP contribution in [0.1, 0.15) is 23.0 Å². The molecular weight excluding hydrogens is 340 g/mol. The van der Waals surface area contributed by atoms with Crippen LogP contribution in [0.3, 0.4) is 0 Å². The van der Waals surface area contributed by atoms with Crippen molar-refractivity contribution in [3.8, 4) is 0 Å². The van der Waals surface area contributed by atoms with Crippen LogP contribution < -0.4 is 4.72 Å². The van der Waals surface area contributed by atoms with E-state index in [9.17, 15) is 23.6 Å². The van der Waals surface area contributed by atoms with Crippen LogP contribution in [-0.2, 0) is 10.0 Å². The second-order valence-electron chi connectivity index (χ2n) is 4.92. The van der Waals surface area contributed by atoms with Gasteiger partial charge in [0, 0.05) is 23.6 Å². The van der Waals surface area contributed by atoms with Gasteiger partial charge in [0.25, 0.3) is 5.69 Å². The number of sulfonamides is 1. The number of aliphatic hydroxyl groups is 1. The number of hydrogen-bond acceptors (Lipinski definition) is 6. The Morgan fingerprint density at radius 2 is 2.13 bits per heavy atom. The molecule has 0 radical (unpaired) electrons. The van der Waals surface area contributed by atoms with Crippen molar-refractivity contribution in [1.29, 1.82) is 0 Å². The summed E-state index contributed by atoms with van der Waals surface area (Å²) in [5.41, 5.74) is 0.136. The minimum atomic E-state index is -3.87. The number of thiophene rings is 1. The van der Waals surface area contributed by atoms with Gasteiger partial charge in [-0.2, -0.15) is 0 Å². The van der Waals surface area contributed by atoms with E-state index in [1.807, 2.05) is 5.38 Å². The Labute approximate surface area is 137 Å². The number of aliphatic hydroxyl groups excluding tert-OH is 1. The van der Waals surface area contributed by atoms with Gasteiger partial charge in [-0.25, -0.2) is 13.1 Å². The summed E-state index contributed by atoms with van der Waals surface area (Å²) in [6.45, 7) is 1.60. The molecule has 2 N–H and O–H groups in total. The molecule has 0 saturated heterocycles. The fourth-order valence-electron chi connectivity index (χ4n) is 2.02. The molecule has 9 heteroatoms. The third kappa shape index (κ3) is 4.35. The van der Waals surface area contributed by atoms with Crippen molar-refractivity contribution < 1.29 is 18.4 Å². The Hall–Kier alpha value is -1.81. The van der Waals surface area contributed by atoms with E-state index in [1.54, 1.807) is 19.1 Å². The van der Waals surface area contributed by atoms with Gasteiger partial charge in [0.15, 0.2) is 0 Å². The summed E-state index contributed by atoms with van der Waals surface area (Å²) in [7, 11) is -3.87. The van der Waals surface area contributed by atoms with Crippen molar-refractivity contribution >= 4 is 27.0 Å². The van der Waals surface area contributed by atoms with E-state index in [1.165, 1.54) is 23.5 Å². The molecule has 0 amide bonds. The lowest BCUT2D eigenvalue weighted by molar-refractivity contribution is -0.385. The zero-order chi connectivity index (χ0) is 17.0. The van der Waals surface area contributed by atoms with Gasteiger partial charge in [0.2, 0.25) is 10.0 Å². The maximum Gasteiger partial charge on any atom is 0.270 e. The zero-order valence-electron chi connectivity index (χ0n) is 12.3. The predicted molar refractivity (Wildman–Crippen MR) is 86.9 cm³/mol. The highest BCUT2D eigenvalue weighted by molar-refractivity contribution is 7.89. The molecule has 0 spiro atoms. The van der Waals surface area contributed by atoms with Crippen LogP contribution in [0.4, 0.5) is 5.69 Å². The van der Waals surface area contributed by atoms with Crippen LogP contribution >= 0.6 is 11.3 Å². The molecule has 0 aliphatic heterocycles. The summed E-state index contributed by atoms with van der Waals surface area (Å²) < 4.78 is 26.9. The fraction of sp³-hybridized carbons (Fsp3) is 0.286. The number of nitrogens with one attached hydrogen (secondary N) is 1. The normalized spacial score (nSPS) is 13.0. The van der Waals surface area contributed by atoms with E-state index in [0.717, 1.165) is 10.9 Å². The number of benzene rings is 1. The smallest absolute Gasteiger partial charge is 0.270 e. The van der Waals surface area contributed by atoms with Gasteiger partial charge in [-0.3, -0.25) is 10.1 Å². The number of non-ortho nitro benzene ring substituents is 1. The summed E-state index contributed by atoms with van der Waals surface area (Å²) in [6, 6.07) is 7.27. The molecular formula is C14H16N2O5S2. The Balaban J connectivity index is 2.07. The van der Waals surface area contributed by atoms with E-state index in [2.05, 4.69) is 4.72 Å². The fourth-order valence-corrected chi connectivity index (χ4v) is 4.08. The standard InChI is InChI=1S/C14H16N2O5S2/c1-10-4-5-11(16(18)19)9-14(10)23(20,21)15-7-6-12(17)13-3-2-8-22-13/h2-5,8-9,12,15,17H,6-7H2,1H3. The topological polar surface area (TPSA) is 110 Å². The second kappa shape index (κ2) is 7.18. The highest BCUT2D eigenvalue weighted by Gasteiger charge is 2.20. The van der Waals surface area contributed by atoms with Gasteiger partial charge < -0.3 is 5.11 Å². The molecule has 1 heterocycles. The van der Waals surface area contributed by atoms with E-state index in [-0.39, 0.29) is 23.5 Å². The van der Waals surface area contributed by atoms with Gasteiger partial charge >= 0.3 is 0 Å². The Bertz CT molecular complexity index is 788. The highest BCUT2D eigenvalue weighted by Crippen LogP contribution is 2.23. The van der Waals surface area contributed by atoms with Crippen molar-refractivity contribution in [1.82, 2.24) is 4.72 Å². The molecule has 0 aliphatic carbocycles. The first-order chi connectivity index (χ1) is 10.8. The van der Waals surface area contributed by atoms with Crippen LogP contribution in [0.2, 0.25) is 0 Å². The van der Waals surface area contributed by atoms with Crippen molar-refractivity contribution in [2.24, 2.45) is 0 Å². The first kappa shape index (κ1) is 17.5. The largest absolute Gasteiger partial charge is 0.388 e. The predicted octanol–water partition coefficient (Wildman–Crippen LogP) is 2.37. The number of hydrogen-bond donors (Lipinski definition) is 2. The van der Waals surface area contributed by atoms with Gasteiger partial charge in [-0.05, 0) is 30.4 Å². The van der Waals surface area contributed by atoms with Gasteiger partial charge in [-0.15, -0.1) is 11.3 Å². The lowest BCUT2D eigenvalue weighted by atomic mass is 10.2. The van der Waals surface area contributed by atoms with Crippen molar-refractivity contribution in [2.45, 2.75) is 24.3 Å². The number of nitrogens with zero attached hydrogens (tertiary/aromatic N) is 1. The molecule has 0 saturated carbocycles. The Morgan fingerprint density at radius 3 is 2.74 bits per heavy atom. The maximum absolute atomic E-state index is 12.3. The molecule has 0 bridgehead atoms. The summed E-state index contributed by atoms with van der Waals surface area (Å²) in [5.74, 6) is 0. The molecule has 0 fully saturated rings. The minimum absolute atomic E-state index is 0.0313. The molecule has 1 unspecified atom stereocenters. The summed E-state index contributed by atoms with van der Waals surface area (Å²) in [4.78, 5) is 10.8. The van der Waals surface area contributed by atoms with Crippen LogP contribution in [-0.4, -0.2) is 25.0 Å². The third-order valence-electron chi connectivity index (χ3n) is 3.25. The van der Waals surface area contributed by atoms with Crippen LogP contribution in [0.5, 0.6) is 0 Å². The summed E-state index contributed by atoms with van der Waals surface area (Å²) in [6.07, 6.45) is -0.530. The van der Waals surface area contributed by atoms with Crippen LogP contribution in [0.15, 0.2) is 40.6 Å². The molecule has 23 heavy (non-hydrogen) atoms. The first-order valence-electron chi connectivity index (χ1n) is 6.77. The molecule has 2 rings (SSSR count). The number of nitro benzene ring substituents is 1. The molecule has 2 aromatic rings. The van der Waals surface area contributed by atoms with Crippen molar-refractivity contribution in [2.75, 3.05) is 6.54 Å². The molecule has 1 aromatic carbocycles. The lowest BCUT2D eigenvalue weighted by Crippen LogP contribution is -2.26. The Kier molecular flexibility index (Phi) is 5.47. The van der Waals surface area contributed by atoms with E-state index < -0.39 is 21.1 Å². The van der Waals surface area contributed by atoms with E-state index >= 15 is 0 Å². The monoisotopic (exact) mass is 356 g/mol. The average molecular weight is 356 g/mol. The van der Waals surface area contributed by atoms with Crippen LogP contribution in [0, 0.1) is 17.0 Å². The molecule has 1 atom stereocenters. The number of nitro groups is 1. The molecule has 1 aromatic heterocycles. The van der Waals surface area contributed by atoms with Gasteiger partial charge in [-0.1, -0.05) is 12.1 Å². The highest BCUT2D eigenvalue weighted by atomic mass is 32.2. The maximum atomic E-state index is 12.3. The van der Waals surface area contributed by atoms with Crippen molar-refractivity contribution in [3.63, 3.8) is 0 Å². The van der Waals surface area contributed by atoms with E-state index in [4.69, 9.17) is 0 Å². The zero-order valence-corrected chi connectivity index (χ0v) is 13.9. The molecule has 7 nitrogen and oxygen atoms in total. The minimum Gasteiger partial charge on any atom is -0.388 e. The van der Waals surface area contributed by atoms with Gasteiger partial charge in [0.05, 0.1) is 15.9 Å². The van der Waals surface area contributed by atoms with Crippen LogP contribution in [0.25, 0.3) is 0 Å². The third-order valence-corrected chi connectivity index (χ3v) is 5.83. The second-order valence-corrected chi connectivity index (χ2v) is 7.64. The first-order valence-corrected chi connectivity index (χ1v) is 9.14. The quantitative estimate of drug-likeness (QED) is 0.584. The SMILES string of the molecule is Cc1ccc([N+](=O)[O-])cc1S(=O)(=O)NCCC(O)c1cccs1. The van der Waals surface area contributed by atoms with Gasteiger partial charge in [0.1, 0.15) is 0 Å². The molecule has 0 aliphatic rings. The number of aryl methyl sites for hydroxylation is 1. The van der Waals surface area contributed by atoms with Crippen molar-refractivity contribution in [3.05, 3.63) is 56.3 Å². The lowest BCUT2D eigenvalue weighted by Gasteiger charge is -2.11. The molecule has 124 valence electrons. The Morgan fingerprint density at radius 1 is 1.39 bits per heavy atom.